The van der Waals surface area contributed by atoms with Gasteiger partial charge in [-0.05, 0) is 65.8 Å². The van der Waals surface area contributed by atoms with Gasteiger partial charge in [-0.2, -0.15) is 0 Å². The summed E-state index contributed by atoms with van der Waals surface area (Å²) >= 11 is 0. The van der Waals surface area contributed by atoms with Crippen LogP contribution in [0.4, 0.5) is 0 Å². The number of carbonyl (C=O) groups is 2. The van der Waals surface area contributed by atoms with Crippen LogP contribution in [-0.4, -0.2) is 68.8 Å². The third-order valence-corrected chi connectivity index (χ3v) is 13.3. The van der Waals surface area contributed by atoms with Crippen molar-refractivity contribution in [2.75, 3.05) is 20.7 Å². The Labute approximate surface area is 265 Å². The lowest BCUT2D eigenvalue weighted by Crippen LogP contribution is -2.49. The number of hydrogen-bond acceptors (Lipinski definition) is 12. The fraction of sp³-hybridized carbons (Fsp3) is 0.724. The number of nitrogens with zero attached hydrogens (tertiary/aromatic N) is 1. The first kappa shape index (κ1) is 38.8. The smallest absolute Gasteiger partial charge is 0.359 e. The van der Waals surface area contributed by atoms with E-state index in [9.17, 15) is 23.7 Å². The Bertz CT molecular complexity index is 1350. The maximum absolute atomic E-state index is 13.8. The summed E-state index contributed by atoms with van der Waals surface area (Å²) in [5.74, 6) is -0.104. The fourth-order valence-corrected chi connectivity index (χ4v) is 5.96. The molecule has 0 aliphatic carbocycles. The highest BCUT2D eigenvalue weighted by atomic mass is 31.2. The summed E-state index contributed by atoms with van der Waals surface area (Å²) in [5, 5.41) is -0.220. The predicted molar refractivity (Wildman–Crippen MR) is 168 cm³/mol. The summed E-state index contributed by atoms with van der Waals surface area (Å²) in [5.41, 5.74) is -2.99. The van der Waals surface area contributed by atoms with Crippen molar-refractivity contribution < 1.29 is 46.6 Å². The van der Waals surface area contributed by atoms with E-state index < -0.39 is 88.1 Å². The largest absolute Gasteiger partial charge is 0.438 e. The van der Waals surface area contributed by atoms with Crippen LogP contribution in [0.1, 0.15) is 68.5 Å². The standard InChI is InChI=1S/C29H49N2O12PSi/c1-27(2,3)24(33)38-17-40-44(36,41-18-39-25(34)28(4,5)6)16-14-19-21(43-45(11,12)29(7,8)9)22(37-10)23(42-19)31-15-13-20(32)30-26(31)35/h13-16,19,21-23H,17-18H2,1-12H3,(H,30,32,35)/b16-14+/t19-,21?,22+,23-/m1/s1. The summed E-state index contributed by atoms with van der Waals surface area (Å²) < 4.78 is 54.8. The normalized spacial score (nSPS) is 21.7. The average molecular weight is 677 g/mol. The number of esters is 2. The van der Waals surface area contributed by atoms with Gasteiger partial charge < -0.3 is 23.4 Å². The first-order valence-electron chi connectivity index (χ1n) is 14.5. The molecule has 0 radical (unpaired) electrons. The van der Waals surface area contributed by atoms with Gasteiger partial charge in [-0.15, -0.1) is 0 Å². The summed E-state index contributed by atoms with van der Waals surface area (Å²) in [6, 6.07) is 1.18. The van der Waals surface area contributed by atoms with Gasteiger partial charge in [-0.3, -0.25) is 37.5 Å². The van der Waals surface area contributed by atoms with E-state index in [1.807, 2.05) is 13.1 Å². The number of H-pyrrole nitrogens is 1. The Morgan fingerprint density at radius 3 is 1.89 bits per heavy atom. The van der Waals surface area contributed by atoms with Gasteiger partial charge in [-0.25, -0.2) is 4.79 Å². The van der Waals surface area contributed by atoms with E-state index in [1.165, 1.54) is 30.0 Å². The van der Waals surface area contributed by atoms with Crippen molar-refractivity contribution in [3.05, 3.63) is 45.0 Å². The molecule has 1 aliphatic heterocycles. The Balaban J connectivity index is 2.48. The Morgan fingerprint density at radius 1 is 0.956 bits per heavy atom. The number of rotatable bonds is 12. The van der Waals surface area contributed by atoms with Gasteiger partial charge in [0.05, 0.1) is 10.8 Å². The van der Waals surface area contributed by atoms with Crippen LogP contribution in [0.5, 0.6) is 0 Å². The number of aromatic amines is 1. The van der Waals surface area contributed by atoms with E-state index in [1.54, 1.807) is 41.5 Å². The third kappa shape index (κ3) is 10.6. The van der Waals surface area contributed by atoms with Gasteiger partial charge in [-0.1, -0.05) is 20.8 Å². The number of methoxy groups -OCH3 is 1. The lowest BCUT2D eigenvalue weighted by atomic mass is 9.98. The van der Waals surface area contributed by atoms with Gasteiger partial charge in [0.2, 0.25) is 13.6 Å². The van der Waals surface area contributed by atoms with Crippen molar-refractivity contribution in [3.8, 4) is 0 Å². The molecule has 2 rings (SSSR count). The molecule has 1 aromatic rings. The van der Waals surface area contributed by atoms with Crippen LogP contribution in [-0.2, 0) is 46.6 Å². The maximum atomic E-state index is 13.8. The molecule has 1 unspecified atom stereocenters. The highest BCUT2D eigenvalue weighted by Gasteiger charge is 2.51. The van der Waals surface area contributed by atoms with E-state index >= 15 is 0 Å². The minimum absolute atomic E-state index is 0.220. The zero-order valence-electron chi connectivity index (χ0n) is 28.3. The van der Waals surface area contributed by atoms with Crippen LogP contribution in [0.15, 0.2) is 33.7 Å². The lowest BCUT2D eigenvalue weighted by molar-refractivity contribution is -0.161. The van der Waals surface area contributed by atoms with Crippen LogP contribution >= 0.6 is 7.60 Å². The number of aromatic nitrogens is 2. The van der Waals surface area contributed by atoms with Crippen LogP contribution < -0.4 is 11.2 Å². The number of hydrogen-bond donors (Lipinski definition) is 1. The van der Waals surface area contributed by atoms with E-state index in [0.29, 0.717) is 0 Å². The fourth-order valence-electron chi connectivity index (χ4n) is 3.63. The van der Waals surface area contributed by atoms with Crippen molar-refractivity contribution in [2.24, 2.45) is 10.8 Å². The molecule has 4 atom stereocenters. The van der Waals surface area contributed by atoms with Gasteiger partial charge in [0.1, 0.15) is 18.3 Å². The van der Waals surface area contributed by atoms with Gasteiger partial charge in [0.25, 0.3) is 5.56 Å². The topological polar surface area (TPSA) is 171 Å². The second-order valence-electron chi connectivity index (χ2n) is 14.3. The molecule has 0 saturated carbocycles. The summed E-state index contributed by atoms with van der Waals surface area (Å²) in [7, 11) is -5.30. The Hall–Kier alpha value is -2.39. The number of nitrogens with one attached hydrogen (secondary N) is 1. The second kappa shape index (κ2) is 14.6. The van der Waals surface area contributed by atoms with Gasteiger partial charge in [0.15, 0.2) is 14.5 Å². The zero-order valence-corrected chi connectivity index (χ0v) is 30.2. The van der Waals surface area contributed by atoms with Gasteiger partial charge in [0, 0.05) is 25.2 Å². The molecule has 0 bridgehead atoms. The van der Waals surface area contributed by atoms with Crippen LogP contribution in [0.25, 0.3) is 0 Å². The van der Waals surface area contributed by atoms with Crippen molar-refractivity contribution in [1.82, 2.24) is 9.55 Å². The van der Waals surface area contributed by atoms with Crippen LogP contribution in [0.3, 0.4) is 0 Å². The molecule has 1 N–H and O–H groups in total. The van der Waals surface area contributed by atoms with E-state index in [4.69, 9.17) is 32.4 Å². The molecule has 0 spiro atoms. The molecule has 16 heteroatoms. The maximum Gasteiger partial charge on any atom is 0.359 e. The highest BCUT2D eigenvalue weighted by Crippen LogP contribution is 2.51. The first-order valence-corrected chi connectivity index (χ1v) is 19.0. The molecule has 0 amide bonds. The summed E-state index contributed by atoms with van der Waals surface area (Å²) in [6.45, 7) is 18.7. The van der Waals surface area contributed by atoms with Crippen molar-refractivity contribution >= 4 is 27.9 Å². The quantitative estimate of drug-likeness (QED) is 0.141. The average Bonchev–Trinajstić information content (AvgIpc) is 3.21. The molecular formula is C29H49N2O12PSi. The van der Waals surface area contributed by atoms with Crippen LogP contribution in [0, 0.1) is 10.8 Å². The zero-order chi connectivity index (χ0) is 34.6. The SMILES string of the molecule is CO[C@H]1C(O[Si](C)(C)C(C)(C)C)[C@@H](/C=C/P(=O)(OCOC(=O)C(C)(C)C)OCOC(=O)C(C)(C)C)O[C@H]1n1ccc(=O)[nH]c1=O. The molecule has 14 nitrogen and oxygen atoms in total. The molecule has 2 heterocycles. The first-order chi connectivity index (χ1) is 20.4. The predicted octanol–water partition coefficient (Wildman–Crippen LogP) is 4.67. The number of carbonyl (C=O) groups excluding carboxylic acids is 2. The lowest BCUT2D eigenvalue weighted by Gasteiger charge is -2.40. The van der Waals surface area contributed by atoms with E-state index in [-0.39, 0.29) is 5.04 Å². The van der Waals surface area contributed by atoms with E-state index in [0.717, 1.165) is 5.82 Å². The summed E-state index contributed by atoms with van der Waals surface area (Å²) in [4.78, 5) is 51.1. The Morgan fingerprint density at radius 2 is 1.47 bits per heavy atom. The van der Waals surface area contributed by atoms with Crippen molar-refractivity contribution in [2.45, 2.75) is 105 Å². The molecule has 1 fully saturated rings. The number of ether oxygens (including phenoxy) is 4. The molecule has 0 aromatic carbocycles. The third-order valence-electron chi connectivity index (χ3n) is 7.39. The Kier molecular flexibility index (Phi) is 12.6. The highest BCUT2D eigenvalue weighted by molar-refractivity contribution is 7.57. The second-order valence-corrected chi connectivity index (χ2v) is 20.9. The molecule has 1 aromatic heterocycles. The monoisotopic (exact) mass is 676 g/mol. The molecule has 1 saturated heterocycles. The minimum Gasteiger partial charge on any atom is -0.438 e. The summed E-state index contributed by atoms with van der Waals surface area (Å²) in [6.07, 6.45) is -0.954. The minimum atomic E-state index is -4.25. The molecule has 1 aliphatic rings. The van der Waals surface area contributed by atoms with Crippen molar-refractivity contribution in [3.63, 3.8) is 0 Å². The van der Waals surface area contributed by atoms with Gasteiger partial charge >= 0.3 is 25.2 Å². The molecule has 45 heavy (non-hydrogen) atoms. The van der Waals surface area contributed by atoms with E-state index in [2.05, 4.69) is 25.8 Å². The molecular weight excluding hydrogens is 627 g/mol. The van der Waals surface area contributed by atoms with Crippen LogP contribution in [0.2, 0.25) is 18.1 Å². The van der Waals surface area contributed by atoms with Crippen molar-refractivity contribution in [1.29, 1.82) is 0 Å². The molecule has 256 valence electrons.